The van der Waals surface area contributed by atoms with Crippen molar-refractivity contribution in [2.24, 2.45) is 0 Å². The van der Waals surface area contributed by atoms with Crippen molar-refractivity contribution >= 4 is 23.5 Å². The molecular weight excluding hydrogens is 650 g/mol. The number of ether oxygens (including phenoxy) is 5. The fourth-order valence-corrected chi connectivity index (χ4v) is 5.84. The number of carbonyl (C=O) groups is 3. The van der Waals surface area contributed by atoms with Crippen molar-refractivity contribution < 1.29 is 43.2 Å². The number of amides is 1. The molecule has 0 aliphatic carbocycles. The van der Waals surface area contributed by atoms with Crippen molar-refractivity contribution in [3.8, 4) is 11.5 Å². The second kappa shape index (κ2) is 15.7. The molecule has 1 aliphatic rings. The molecule has 14 nitrogen and oxygen atoms in total. The van der Waals surface area contributed by atoms with Gasteiger partial charge >= 0.3 is 17.6 Å². The van der Waals surface area contributed by atoms with E-state index in [0.717, 1.165) is 27.5 Å². The zero-order valence-electron chi connectivity index (χ0n) is 27.6. The van der Waals surface area contributed by atoms with E-state index in [1.165, 1.54) is 6.92 Å². The molecule has 0 spiro atoms. The number of carbonyl (C=O) groups excluding carboxylic acids is 2. The number of hydrogen-bond acceptors (Lipinski definition) is 10. The van der Waals surface area contributed by atoms with E-state index in [1.807, 2.05) is 78.9 Å². The maximum atomic E-state index is 12.9. The number of aromatic nitrogens is 2. The standard InChI is InChI=1S/C36H37N3O11/c1-22(40)37-28-20-39(35(45)38-34(28)44)31-19-29(50-33(43)18-17-32(41)42)30(49-31)21-48-36(23-7-5-4-6-8-23,24-9-13-26(46-2)14-10-24)25-11-15-27(47-3)16-12-25/h4-16,20,29-31H,17-19,21H2,1-3H3,(H,37,40)(H,41,42)(H,38,44,45)/t29-,30+,31+/m0/s1. The summed E-state index contributed by atoms with van der Waals surface area (Å²) in [5.74, 6) is -1.21. The van der Waals surface area contributed by atoms with E-state index in [0.29, 0.717) is 11.5 Å². The van der Waals surface area contributed by atoms with Crippen molar-refractivity contribution in [1.82, 2.24) is 9.55 Å². The number of methoxy groups -OCH3 is 2. The molecule has 0 unspecified atom stereocenters. The summed E-state index contributed by atoms with van der Waals surface area (Å²) in [4.78, 5) is 63.1. The average molecular weight is 688 g/mol. The van der Waals surface area contributed by atoms with Gasteiger partial charge in [-0.1, -0.05) is 54.6 Å². The lowest BCUT2D eigenvalue weighted by molar-refractivity contribution is -0.157. The summed E-state index contributed by atoms with van der Waals surface area (Å²) < 4.78 is 30.9. The topological polar surface area (TPSA) is 184 Å². The second-order valence-corrected chi connectivity index (χ2v) is 11.5. The summed E-state index contributed by atoms with van der Waals surface area (Å²) in [5, 5.41) is 11.5. The number of carboxylic acid groups (broad SMARTS) is 1. The molecule has 3 atom stereocenters. The van der Waals surface area contributed by atoms with E-state index < -0.39 is 59.6 Å². The highest BCUT2D eigenvalue weighted by molar-refractivity contribution is 5.88. The Morgan fingerprint density at radius 2 is 1.48 bits per heavy atom. The van der Waals surface area contributed by atoms with Crippen LogP contribution in [0, 0.1) is 0 Å². The maximum Gasteiger partial charge on any atom is 0.330 e. The van der Waals surface area contributed by atoms with Crippen LogP contribution in [0.5, 0.6) is 11.5 Å². The molecule has 262 valence electrons. The van der Waals surface area contributed by atoms with Crippen molar-refractivity contribution in [3.63, 3.8) is 0 Å². The molecule has 1 aromatic heterocycles. The van der Waals surface area contributed by atoms with Gasteiger partial charge in [0.2, 0.25) is 5.91 Å². The number of rotatable bonds is 14. The largest absolute Gasteiger partial charge is 0.497 e. The zero-order valence-corrected chi connectivity index (χ0v) is 27.6. The summed E-state index contributed by atoms with van der Waals surface area (Å²) >= 11 is 0. The third kappa shape index (κ3) is 7.93. The first-order valence-electron chi connectivity index (χ1n) is 15.7. The van der Waals surface area contributed by atoms with Crippen molar-refractivity contribution in [3.05, 3.63) is 123 Å². The predicted molar refractivity (Wildman–Crippen MR) is 179 cm³/mol. The molecule has 1 amide bonds. The first-order chi connectivity index (χ1) is 24.0. The molecule has 3 N–H and O–H groups in total. The number of hydrogen-bond donors (Lipinski definition) is 3. The Hall–Kier alpha value is -5.73. The summed E-state index contributed by atoms with van der Waals surface area (Å²) in [6.07, 6.45) is -2.76. The Kier molecular flexibility index (Phi) is 11.1. The summed E-state index contributed by atoms with van der Waals surface area (Å²) in [6.45, 7) is 1.03. The molecule has 1 fully saturated rings. The van der Waals surface area contributed by atoms with Crippen LogP contribution in [0.25, 0.3) is 0 Å². The number of carboxylic acids is 1. The Morgan fingerprint density at radius 3 is 2.02 bits per heavy atom. The highest BCUT2D eigenvalue weighted by Crippen LogP contribution is 2.43. The summed E-state index contributed by atoms with van der Waals surface area (Å²) in [5.41, 5.74) is -0.836. The van der Waals surface area contributed by atoms with Crippen LogP contribution >= 0.6 is 0 Å². The SMILES string of the molecule is COc1ccc(C(OC[C@H]2O[C@@H](n3cc(NC(C)=O)c(=O)[nH]c3=O)C[C@@H]2OC(=O)CCC(=O)O)(c2ccccc2)c2ccc(OC)cc2)cc1. The molecule has 2 heterocycles. The minimum atomic E-state index is -1.26. The first kappa shape index (κ1) is 35.6. The van der Waals surface area contributed by atoms with Gasteiger partial charge in [-0.05, 0) is 41.0 Å². The zero-order chi connectivity index (χ0) is 35.8. The lowest BCUT2D eigenvalue weighted by Crippen LogP contribution is -2.39. The van der Waals surface area contributed by atoms with Crippen LogP contribution in [-0.4, -0.2) is 65.5 Å². The number of H-pyrrole nitrogens is 1. The van der Waals surface area contributed by atoms with Crippen LogP contribution in [0.3, 0.4) is 0 Å². The number of aromatic amines is 1. The molecular formula is C36H37N3O11. The fourth-order valence-electron chi connectivity index (χ4n) is 5.84. The Morgan fingerprint density at radius 1 is 0.900 bits per heavy atom. The van der Waals surface area contributed by atoms with Gasteiger partial charge in [0.15, 0.2) is 0 Å². The molecule has 4 aromatic rings. The van der Waals surface area contributed by atoms with Gasteiger partial charge in [0, 0.05) is 19.5 Å². The lowest BCUT2D eigenvalue weighted by atomic mass is 9.80. The van der Waals surface area contributed by atoms with Gasteiger partial charge in [0.05, 0.1) is 33.7 Å². The molecule has 14 heteroatoms. The van der Waals surface area contributed by atoms with E-state index in [-0.39, 0.29) is 25.1 Å². The Labute approximate surface area is 286 Å². The number of aliphatic carboxylic acids is 1. The van der Waals surface area contributed by atoms with Crippen molar-refractivity contribution in [2.75, 3.05) is 26.1 Å². The van der Waals surface area contributed by atoms with Crippen molar-refractivity contribution in [2.45, 2.75) is 50.2 Å². The van der Waals surface area contributed by atoms with E-state index in [1.54, 1.807) is 14.2 Å². The summed E-state index contributed by atoms with van der Waals surface area (Å²) in [7, 11) is 3.13. The van der Waals surface area contributed by atoms with Crippen LogP contribution in [-0.2, 0) is 34.2 Å². The quantitative estimate of drug-likeness (QED) is 0.130. The van der Waals surface area contributed by atoms with Gasteiger partial charge in [-0.15, -0.1) is 0 Å². The molecule has 5 rings (SSSR count). The first-order valence-corrected chi connectivity index (χ1v) is 15.7. The van der Waals surface area contributed by atoms with Crippen LogP contribution in [0.2, 0.25) is 0 Å². The van der Waals surface area contributed by atoms with E-state index in [4.69, 9.17) is 28.8 Å². The van der Waals surface area contributed by atoms with E-state index in [2.05, 4.69) is 10.3 Å². The minimum absolute atomic E-state index is 0.0539. The Bertz CT molecular complexity index is 1870. The highest BCUT2D eigenvalue weighted by atomic mass is 16.6. The van der Waals surface area contributed by atoms with Gasteiger partial charge < -0.3 is 34.1 Å². The van der Waals surface area contributed by atoms with Gasteiger partial charge in [-0.25, -0.2) is 4.79 Å². The molecule has 50 heavy (non-hydrogen) atoms. The number of esters is 1. The van der Waals surface area contributed by atoms with E-state index >= 15 is 0 Å². The molecule has 0 bridgehead atoms. The van der Waals surface area contributed by atoms with Crippen LogP contribution in [0.4, 0.5) is 5.69 Å². The van der Waals surface area contributed by atoms with Gasteiger partial charge in [0.25, 0.3) is 5.56 Å². The lowest BCUT2D eigenvalue weighted by Gasteiger charge is -2.37. The molecule has 1 saturated heterocycles. The Balaban J connectivity index is 1.56. The molecule has 0 radical (unpaired) electrons. The van der Waals surface area contributed by atoms with Crippen LogP contribution < -0.4 is 26.0 Å². The predicted octanol–water partition coefficient (Wildman–Crippen LogP) is 3.59. The van der Waals surface area contributed by atoms with Gasteiger partial charge in [-0.2, -0.15) is 0 Å². The number of nitrogens with zero attached hydrogens (tertiary/aromatic N) is 1. The molecule has 1 aliphatic heterocycles. The van der Waals surface area contributed by atoms with Gasteiger partial charge in [-0.3, -0.25) is 28.7 Å². The number of nitrogens with one attached hydrogen (secondary N) is 2. The smallest absolute Gasteiger partial charge is 0.330 e. The van der Waals surface area contributed by atoms with E-state index in [9.17, 15) is 24.0 Å². The molecule has 0 saturated carbocycles. The monoisotopic (exact) mass is 687 g/mol. The third-order valence-corrected chi connectivity index (χ3v) is 8.23. The normalized spacial score (nSPS) is 17.1. The number of anilines is 1. The fraction of sp³-hybridized carbons (Fsp3) is 0.306. The maximum absolute atomic E-state index is 12.9. The highest BCUT2D eigenvalue weighted by Gasteiger charge is 2.44. The molecule has 3 aromatic carbocycles. The minimum Gasteiger partial charge on any atom is -0.497 e. The third-order valence-electron chi connectivity index (χ3n) is 8.23. The second-order valence-electron chi connectivity index (χ2n) is 11.5. The van der Waals surface area contributed by atoms with Gasteiger partial charge in [0.1, 0.15) is 41.2 Å². The average Bonchev–Trinajstić information content (AvgIpc) is 3.51. The van der Waals surface area contributed by atoms with Crippen LogP contribution in [0.15, 0.2) is 94.6 Å². The summed E-state index contributed by atoms with van der Waals surface area (Å²) in [6, 6.07) is 24.2. The van der Waals surface area contributed by atoms with Crippen molar-refractivity contribution in [1.29, 1.82) is 0 Å². The number of benzene rings is 3. The van der Waals surface area contributed by atoms with Crippen LogP contribution in [0.1, 0.15) is 49.1 Å².